The molecule has 0 saturated carbocycles. The average molecular weight is 477 g/mol. The Labute approximate surface area is 191 Å². The molecule has 2 atom stereocenters. The largest absolute Gasteiger partial charge is 0.489 e. The van der Waals surface area contributed by atoms with Crippen molar-refractivity contribution >= 4 is 10.0 Å². The molecule has 1 aliphatic rings. The van der Waals surface area contributed by atoms with Gasteiger partial charge in [0, 0.05) is 31.7 Å². The van der Waals surface area contributed by atoms with Crippen LogP contribution in [0.1, 0.15) is 22.6 Å². The Bertz CT molecular complexity index is 1250. The van der Waals surface area contributed by atoms with Crippen LogP contribution < -0.4 is 14.8 Å². The van der Waals surface area contributed by atoms with Gasteiger partial charge >= 0.3 is 0 Å². The Morgan fingerprint density at radius 3 is 2.76 bits per heavy atom. The molecule has 33 heavy (non-hydrogen) atoms. The van der Waals surface area contributed by atoms with E-state index in [4.69, 9.17) is 4.74 Å². The molecule has 2 N–H and O–H groups in total. The van der Waals surface area contributed by atoms with Crippen molar-refractivity contribution in [1.29, 1.82) is 0 Å². The van der Waals surface area contributed by atoms with Gasteiger partial charge in [-0.15, -0.1) is 0 Å². The molecule has 0 amide bonds. The smallest absolute Gasteiger partial charge is 0.243 e. The monoisotopic (exact) mass is 476 g/mol. The number of rotatable bonds is 9. The molecule has 3 aromatic rings. The molecule has 2 unspecified atom stereocenters. The summed E-state index contributed by atoms with van der Waals surface area (Å²) >= 11 is 0. The number of nitrogens with zero attached hydrogens (tertiary/aromatic N) is 2. The molecule has 1 aliphatic carbocycles. The predicted molar refractivity (Wildman–Crippen MR) is 120 cm³/mol. The SMILES string of the molecule is CNC1Cc2cc(F)c(OCCNS(=O)(=O)c3cnn(C)c3)cc2C1Cc1cccc(F)c1. The fourth-order valence-electron chi connectivity index (χ4n) is 4.27. The van der Waals surface area contributed by atoms with Crippen LogP contribution in [0, 0.1) is 11.6 Å². The van der Waals surface area contributed by atoms with Crippen molar-refractivity contribution in [3.05, 3.63) is 77.1 Å². The first kappa shape index (κ1) is 23.3. The van der Waals surface area contributed by atoms with Gasteiger partial charge in [-0.25, -0.2) is 21.9 Å². The van der Waals surface area contributed by atoms with Crippen LogP contribution in [0.4, 0.5) is 8.78 Å². The van der Waals surface area contributed by atoms with Gasteiger partial charge in [-0.1, -0.05) is 12.1 Å². The molecule has 0 spiro atoms. The van der Waals surface area contributed by atoms with Gasteiger partial charge in [0.25, 0.3) is 0 Å². The lowest BCUT2D eigenvalue weighted by Crippen LogP contribution is -2.30. The minimum absolute atomic E-state index is 0.0267. The Kier molecular flexibility index (Phi) is 6.78. The van der Waals surface area contributed by atoms with E-state index in [1.165, 1.54) is 35.3 Å². The lowest BCUT2D eigenvalue weighted by atomic mass is 9.90. The lowest BCUT2D eigenvalue weighted by Gasteiger charge is -2.20. The van der Waals surface area contributed by atoms with Gasteiger partial charge in [-0.05, 0) is 60.8 Å². The first-order valence-corrected chi connectivity index (χ1v) is 12.1. The van der Waals surface area contributed by atoms with E-state index < -0.39 is 15.8 Å². The lowest BCUT2D eigenvalue weighted by molar-refractivity contribution is 0.306. The average Bonchev–Trinajstić information content (AvgIpc) is 3.35. The minimum atomic E-state index is -3.72. The van der Waals surface area contributed by atoms with Crippen molar-refractivity contribution in [2.75, 3.05) is 20.2 Å². The Balaban J connectivity index is 1.45. The van der Waals surface area contributed by atoms with E-state index in [-0.39, 0.29) is 41.6 Å². The zero-order chi connectivity index (χ0) is 23.6. The second-order valence-corrected chi connectivity index (χ2v) is 9.88. The van der Waals surface area contributed by atoms with Crippen molar-refractivity contribution in [2.24, 2.45) is 7.05 Å². The zero-order valence-electron chi connectivity index (χ0n) is 18.4. The minimum Gasteiger partial charge on any atom is -0.489 e. The fraction of sp³-hybridized carbons (Fsp3) is 0.348. The van der Waals surface area contributed by atoms with Crippen LogP contribution in [0.15, 0.2) is 53.7 Å². The van der Waals surface area contributed by atoms with E-state index in [1.54, 1.807) is 19.2 Å². The van der Waals surface area contributed by atoms with E-state index in [0.717, 1.165) is 16.7 Å². The van der Waals surface area contributed by atoms with Crippen LogP contribution >= 0.6 is 0 Å². The molecule has 0 fully saturated rings. The van der Waals surface area contributed by atoms with Gasteiger partial charge in [-0.2, -0.15) is 5.10 Å². The van der Waals surface area contributed by atoms with Gasteiger partial charge in [0.05, 0.1) is 6.20 Å². The summed E-state index contributed by atoms with van der Waals surface area (Å²) in [6.45, 7) is -0.0706. The number of aromatic nitrogens is 2. The van der Waals surface area contributed by atoms with Crippen molar-refractivity contribution in [2.45, 2.75) is 29.7 Å². The molecule has 4 rings (SSSR count). The quantitative estimate of drug-likeness (QED) is 0.464. The van der Waals surface area contributed by atoms with Crippen LogP contribution in [0.3, 0.4) is 0 Å². The molecular weight excluding hydrogens is 450 g/mol. The van der Waals surface area contributed by atoms with Crippen LogP contribution in [0.25, 0.3) is 0 Å². The number of nitrogens with one attached hydrogen (secondary N) is 2. The molecule has 0 bridgehead atoms. The van der Waals surface area contributed by atoms with Crippen LogP contribution in [0.2, 0.25) is 0 Å². The van der Waals surface area contributed by atoms with Crippen LogP contribution in [-0.4, -0.2) is 44.4 Å². The van der Waals surface area contributed by atoms with E-state index >= 15 is 0 Å². The van der Waals surface area contributed by atoms with Crippen molar-refractivity contribution in [3.63, 3.8) is 0 Å². The van der Waals surface area contributed by atoms with E-state index in [0.29, 0.717) is 12.8 Å². The van der Waals surface area contributed by atoms with Crippen molar-refractivity contribution < 1.29 is 21.9 Å². The Morgan fingerprint density at radius 2 is 2.06 bits per heavy atom. The number of likely N-dealkylation sites (N-methyl/N-ethyl adjacent to an activating group) is 1. The second kappa shape index (κ2) is 9.58. The molecule has 176 valence electrons. The zero-order valence-corrected chi connectivity index (χ0v) is 19.2. The highest BCUT2D eigenvalue weighted by Crippen LogP contribution is 2.39. The highest BCUT2D eigenvalue weighted by atomic mass is 32.2. The summed E-state index contributed by atoms with van der Waals surface area (Å²) in [4.78, 5) is 0.0482. The summed E-state index contributed by atoms with van der Waals surface area (Å²) in [6, 6.07) is 9.72. The molecule has 1 aromatic heterocycles. The summed E-state index contributed by atoms with van der Waals surface area (Å²) in [6.07, 6.45) is 3.90. The summed E-state index contributed by atoms with van der Waals surface area (Å²) in [5, 5.41) is 7.13. The van der Waals surface area contributed by atoms with Gasteiger partial charge in [0.2, 0.25) is 10.0 Å². The number of aryl methyl sites for hydroxylation is 1. The molecule has 0 saturated heterocycles. The van der Waals surface area contributed by atoms with Gasteiger partial charge in [-0.3, -0.25) is 4.68 Å². The van der Waals surface area contributed by atoms with E-state index in [9.17, 15) is 17.2 Å². The fourth-order valence-corrected chi connectivity index (χ4v) is 5.27. The maximum atomic E-state index is 14.7. The molecule has 10 heteroatoms. The van der Waals surface area contributed by atoms with Crippen molar-refractivity contribution in [3.8, 4) is 5.75 Å². The van der Waals surface area contributed by atoms with Gasteiger partial charge < -0.3 is 10.1 Å². The highest BCUT2D eigenvalue weighted by Gasteiger charge is 2.33. The number of halogens is 2. The normalized spacial score (nSPS) is 17.8. The predicted octanol–water partition coefficient (Wildman–Crippen LogP) is 2.53. The summed E-state index contributed by atoms with van der Waals surface area (Å²) in [5.41, 5.74) is 2.70. The summed E-state index contributed by atoms with van der Waals surface area (Å²) in [7, 11) is -0.235. The van der Waals surface area contributed by atoms with Crippen molar-refractivity contribution in [1.82, 2.24) is 19.8 Å². The van der Waals surface area contributed by atoms with E-state index in [2.05, 4.69) is 15.1 Å². The first-order chi connectivity index (χ1) is 15.8. The standard InChI is InChI=1S/C23H26F2N4O3S/c1-26-22-11-16-10-21(25)23(12-19(16)20(22)9-15-4-3-5-17(24)8-15)32-7-6-28-33(30,31)18-13-27-29(2)14-18/h3-5,8,10,12-14,20,22,26,28H,6-7,9,11H2,1-2H3. The summed E-state index contributed by atoms with van der Waals surface area (Å²) in [5.74, 6) is -0.692. The number of hydrogen-bond donors (Lipinski definition) is 2. The Morgan fingerprint density at radius 1 is 1.24 bits per heavy atom. The molecule has 1 heterocycles. The molecule has 0 radical (unpaired) electrons. The number of sulfonamides is 1. The molecule has 2 aromatic carbocycles. The third-order valence-corrected chi connectivity index (χ3v) is 7.29. The van der Waals surface area contributed by atoms with Gasteiger partial charge in [0.15, 0.2) is 11.6 Å². The number of ether oxygens (including phenoxy) is 1. The van der Waals surface area contributed by atoms with E-state index in [1.807, 2.05) is 13.1 Å². The number of fused-ring (bicyclic) bond motifs is 1. The van der Waals surface area contributed by atoms with Crippen LogP contribution in [-0.2, 0) is 29.9 Å². The first-order valence-electron chi connectivity index (χ1n) is 10.6. The number of benzene rings is 2. The van der Waals surface area contributed by atoms with Crippen LogP contribution in [0.5, 0.6) is 5.75 Å². The topological polar surface area (TPSA) is 85.2 Å². The maximum absolute atomic E-state index is 14.7. The summed E-state index contributed by atoms with van der Waals surface area (Å²) < 4.78 is 62.2. The molecule has 7 nitrogen and oxygen atoms in total. The highest BCUT2D eigenvalue weighted by molar-refractivity contribution is 7.89. The maximum Gasteiger partial charge on any atom is 0.243 e. The second-order valence-electron chi connectivity index (χ2n) is 8.12. The Hall–Kier alpha value is -2.82. The van der Waals surface area contributed by atoms with Gasteiger partial charge in [0.1, 0.15) is 17.3 Å². The number of hydrogen-bond acceptors (Lipinski definition) is 5. The molecular formula is C23H26F2N4O3S. The third kappa shape index (κ3) is 5.23. The molecule has 0 aliphatic heterocycles. The third-order valence-electron chi connectivity index (χ3n) is 5.88.